The van der Waals surface area contributed by atoms with E-state index in [-0.39, 0.29) is 11.3 Å². The van der Waals surface area contributed by atoms with Crippen molar-refractivity contribution >= 4 is 39.2 Å². The quantitative estimate of drug-likeness (QED) is 0.546. The molecule has 0 bridgehead atoms. The Bertz CT molecular complexity index is 1010. The van der Waals surface area contributed by atoms with Gasteiger partial charge in [-0.15, -0.1) is 11.3 Å². The van der Waals surface area contributed by atoms with Gasteiger partial charge >= 0.3 is 0 Å². The second kappa shape index (κ2) is 6.61. The van der Waals surface area contributed by atoms with E-state index in [2.05, 4.69) is 9.97 Å². The first-order valence-corrected chi connectivity index (χ1v) is 9.79. The van der Waals surface area contributed by atoms with E-state index in [9.17, 15) is 9.59 Å². The number of rotatable bonds is 5. The molecule has 0 radical (unpaired) electrons. The molecule has 128 valence electrons. The highest BCUT2D eigenvalue weighted by Gasteiger charge is 2.23. The zero-order chi connectivity index (χ0) is 17.4. The highest BCUT2D eigenvalue weighted by Crippen LogP contribution is 2.35. The maximum absolute atomic E-state index is 13.2. The summed E-state index contributed by atoms with van der Waals surface area (Å²) in [4.78, 5) is 35.2. The fourth-order valence-corrected chi connectivity index (χ4v) is 5.16. The van der Waals surface area contributed by atoms with Crippen molar-refractivity contribution in [1.29, 1.82) is 0 Å². The van der Waals surface area contributed by atoms with Crippen molar-refractivity contribution in [3.8, 4) is 0 Å². The van der Waals surface area contributed by atoms with Crippen LogP contribution in [0.2, 0.25) is 0 Å². The molecule has 3 heterocycles. The monoisotopic (exact) mass is 372 g/mol. The molecule has 8 heteroatoms. The van der Waals surface area contributed by atoms with Gasteiger partial charge in [-0.2, -0.15) is 0 Å². The molecule has 1 amide bonds. The standard InChI is InChI=1S/C17H16N4O2S2/c18-13(22)9-24-17-20-15-14(11-4-1-5-12(11)25-15)16(23)21(17)8-10-3-2-6-19-7-10/h2-3,6-7H,1,4-5,8-9H2,(H2,18,22). The number of thiophene rings is 1. The van der Waals surface area contributed by atoms with Crippen LogP contribution in [0.4, 0.5) is 0 Å². The van der Waals surface area contributed by atoms with Crippen LogP contribution in [-0.2, 0) is 24.2 Å². The summed E-state index contributed by atoms with van der Waals surface area (Å²) < 4.78 is 1.64. The van der Waals surface area contributed by atoms with Gasteiger partial charge in [0.2, 0.25) is 5.91 Å². The molecule has 1 aliphatic carbocycles. The zero-order valence-electron chi connectivity index (χ0n) is 13.4. The Morgan fingerprint density at radius 3 is 3.04 bits per heavy atom. The molecule has 0 spiro atoms. The summed E-state index contributed by atoms with van der Waals surface area (Å²) in [7, 11) is 0. The van der Waals surface area contributed by atoms with Gasteiger partial charge in [0, 0.05) is 17.3 Å². The Balaban J connectivity index is 1.86. The number of nitrogens with zero attached hydrogens (tertiary/aromatic N) is 3. The van der Waals surface area contributed by atoms with Gasteiger partial charge in [0.05, 0.1) is 17.7 Å². The third-order valence-electron chi connectivity index (χ3n) is 4.20. The second-order valence-electron chi connectivity index (χ2n) is 5.94. The number of amides is 1. The van der Waals surface area contributed by atoms with E-state index in [1.165, 1.54) is 16.6 Å². The zero-order valence-corrected chi connectivity index (χ0v) is 15.0. The Kier molecular flexibility index (Phi) is 4.30. The van der Waals surface area contributed by atoms with Gasteiger partial charge in [-0.05, 0) is 36.5 Å². The molecule has 0 unspecified atom stereocenters. The number of fused-ring (bicyclic) bond motifs is 3. The maximum Gasteiger partial charge on any atom is 0.263 e. The topological polar surface area (TPSA) is 90.9 Å². The summed E-state index contributed by atoms with van der Waals surface area (Å²) in [6, 6.07) is 3.76. The van der Waals surface area contributed by atoms with Crippen LogP contribution in [0.15, 0.2) is 34.5 Å². The number of primary amides is 1. The Morgan fingerprint density at radius 2 is 2.28 bits per heavy atom. The summed E-state index contributed by atoms with van der Waals surface area (Å²) in [5.74, 6) is -0.336. The minimum atomic E-state index is -0.430. The molecular weight excluding hydrogens is 356 g/mol. The first kappa shape index (κ1) is 16.3. The van der Waals surface area contributed by atoms with E-state index in [0.29, 0.717) is 11.7 Å². The number of aryl methyl sites for hydroxylation is 2. The molecule has 0 fully saturated rings. The maximum atomic E-state index is 13.2. The first-order valence-electron chi connectivity index (χ1n) is 7.98. The fourth-order valence-electron chi connectivity index (χ4n) is 3.12. The third-order valence-corrected chi connectivity index (χ3v) is 6.38. The summed E-state index contributed by atoms with van der Waals surface area (Å²) in [5.41, 5.74) is 7.30. The van der Waals surface area contributed by atoms with Gasteiger partial charge in [-0.25, -0.2) is 4.98 Å². The molecular formula is C17H16N4O2S2. The molecule has 2 N–H and O–H groups in total. The average molecular weight is 372 g/mol. The Morgan fingerprint density at radius 1 is 1.40 bits per heavy atom. The number of carbonyl (C=O) groups excluding carboxylic acids is 1. The number of nitrogens with two attached hydrogens (primary N) is 1. The lowest BCUT2D eigenvalue weighted by Crippen LogP contribution is -2.25. The van der Waals surface area contributed by atoms with Gasteiger partial charge in [0.25, 0.3) is 5.56 Å². The Labute approximate surface area is 152 Å². The number of pyridine rings is 1. The minimum Gasteiger partial charge on any atom is -0.369 e. The van der Waals surface area contributed by atoms with E-state index in [4.69, 9.17) is 5.73 Å². The Hall–Kier alpha value is -2.19. The van der Waals surface area contributed by atoms with Crippen LogP contribution in [0, 0.1) is 0 Å². The van der Waals surface area contributed by atoms with E-state index in [0.717, 1.165) is 40.6 Å². The lowest BCUT2D eigenvalue weighted by atomic mass is 10.2. The smallest absolute Gasteiger partial charge is 0.263 e. The molecule has 6 nitrogen and oxygen atoms in total. The normalized spacial score (nSPS) is 13.3. The molecule has 3 aromatic rings. The van der Waals surface area contributed by atoms with Crippen LogP contribution >= 0.6 is 23.1 Å². The first-order chi connectivity index (χ1) is 12.1. The summed E-state index contributed by atoms with van der Waals surface area (Å²) in [6.07, 6.45) is 6.48. The van der Waals surface area contributed by atoms with Crippen LogP contribution in [-0.4, -0.2) is 26.2 Å². The van der Waals surface area contributed by atoms with E-state index >= 15 is 0 Å². The summed E-state index contributed by atoms with van der Waals surface area (Å²) in [6.45, 7) is 0.376. The molecule has 0 saturated heterocycles. The molecule has 0 saturated carbocycles. The van der Waals surface area contributed by atoms with E-state index < -0.39 is 5.91 Å². The predicted molar refractivity (Wildman–Crippen MR) is 99.2 cm³/mol. The van der Waals surface area contributed by atoms with Crippen molar-refractivity contribution in [3.63, 3.8) is 0 Å². The number of aromatic nitrogens is 3. The van der Waals surface area contributed by atoms with Crippen molar-refractivity contribution in [3.05, 3.63) is 50.9 Å². The lowest BCUT2D eigenvalue weighted by molar-refractivity contribution is -0.115. The van der Waals surface area contributed by atoms with Crippen molar-refractivity contribution in [1.82, 2.24) is 14.5 Å². The van der Waals surface area contributed by atoms with E-state index in [1.54, 1.807) is 28.3 Å². The van der Waals surface area contributed by atoms with Gasteiger partial charge in [0.15, 0.2) is 5.16 Å². The highest BCUT2D eigenvalue weighted by atomic mass is 32.2. The molecule has 25 heavy (non-hydrogen) atoms. The SMILES string of the molecule is NC(=O)CSc1nc2sc3c(c2c(=O)n1Cc1cccnc1)CCC3. The fraction of sp³-hybridized carbons (Fsp3) is 0.294. The number of hydrogen-bond donors (Lipinski definition) is 1. The van der Waals surface area contributed by atoms with E-state index in [1.807, 2.05) is 12.1 Å². The number of carbonyl (C=O) groups is 1. The summed E-state index contributed by atoms with van der Waals surface area (Å²) in [5, 5.41) is 1.27. The molecule has 0 atom stereocenters. The predicted octanol–water partition coefficient (Wildman–Crippen LogP) is 1.97. The van der Waals surface area contributed by atoms with Crippen molar-refractivity contribution in [2.24, 2.45) is 5.73 Å². The van der Waals surface area contributed by atoms with Crippen LogP contribution < -0.4 is 11.3 Å². The van der Waals surface area contributed by atoms with Gasteiger partial charge in [-0.1, -0.05) is 17.8 Å². The molecule has 3 aromatic heterocycles. The van der Waals surface area contributed by atoms with Crippen molar-refractivity contribution in [2.75, 3.05) is 5.75 Å². The summed E-state index contributed by atoms with van der Waals surface area (Å²) >= 11 is 2.81. The third kappa shape index (κ3) is 3.07. The van der Waals surface area contributed by atoms with Crippen LogP contribution in [0.25, 0.3) is 10.2 Å². The highest BCUT2D eigenvalue weighted by molar-refractivity contribution is 7.99. The van der Waals surface area contributed by atoms with Crippen LogP contribution in [0.1, 0.15) is 22.4 Å². The molecule has 4 rings (SSSR count). The van der Waals surface area contributed by atoms with Crippen molar-refractivity contribution in [2.45, 2.75) is 31.0 Å². The van der Waals surface area contributed by atoms with Gasteiger partial charge in [0.1, 0.15) is 4.83 Å². The van der Waals surface area contributed by atoms with Gasteiger partial charge < -0.3 is 5.73 Å². The molecule has 0 aromatic carbocycles. The molecule has 0 aliphatic heterocycles. The lowest BCUT2D eigenvalue weighted by Gasteiger charge is -2.11. The van der Waals surface area contributed by atoms with Crippen molar-refractivity contribution < 1.29 is 4.79 Å². The number of thioether (sulfide) groups is 1. The molecule has 1 aliphatic rings. The second-order valence-corrected chi connectivity index (χ2v) is 7.97. The van der Waals surface area contributed by atoms with Crippen LogP contribution in [0.5, 0.6) is 0 Å². The minimum absolute atomic E-state index is 0.0415. The van der Waals surface area contributed by atoms with Crippen LogP contribution in [0.3, 0.4) is 0 Å². The number of hydrogen-bond acceptors (Lipinski definition) is 6. The average Bonchev–Trinajstić information content (AvgIpc) is 3.17. The van der Waals surface area contributed by atoms with Gasteiger partial charge in [-0.3, -0.25) is 19.1 Å². The largest absolute Gasteiger partial charge is 0.369 e.